The molecule has 112 valence electrons. The zero-order valence-corrected chi connectivity index (χ0v) is 12.9. The van der Waals surface area contributed by atoms with Crippen LogP contribution < -0.4 is 11.1 Å². The van der Waals surface area contributed by atoms with Crippen LogP contribution in [0.3, 0.4) is 0 Å². The zero-order valence-electron chi connectivity index (χ0n) is 12.9. The van der Waals surface area contributed by atoms with Crippen LogP contribution in [0.2, 0.25) is 0 Å². The molecule has 1 rings (SSSR count). The molecule has 0 spiro atoms. The highest BCUT2D eigenvalue weighted by Crippen LogP contribution is 2.17. The van der Waals surface area contributed by atoms with Gasteiger partial charge in [0.05, 0.1) is 5.54 Å². The second-order valence-corrected chi connectivity index (χ2v) is 6.16. The number of nitrogens with one attached hydrogen (secondary N) is 1. The third kappa shape index (κ3) is 5.49. The lowest BCUT2D eigenvalue weighted by molar-refractivity contribution is -0.126. The summed E-state index contributed by atoms with van der Waals surface area (Å²) < 4.78 is 0. The molecule has 4 nitrogen and oxygen atoms in total. The molecule has 0 aromatic heterocycles. The molecule has 1 fully saturated rings. The first kappa shape index (κ1) is 16.4. The molecule has 3 N–H and O–H groups in total. The minimum Gasteiger partial charge on any atom is -0.354 e. The highest BCUT2D eigenvalue weighted by molar-refractivity contribution is 5.85. The third-order valence-electron chi connectivity index (χ3n) is 4.09. The van der Waals surface area contributed by atoms with Crippen LogP contribution in [0.15, 0.2) is 0 Å². The first-order valence-corrected chi connectivity index (χ1v) is 7.79. The van der Waals surface area contributed by atoms with Crippen molar-refractivity contribution in [2.24, 2.45) is 11.7 Å². The van der Waals surface area contributed by atoms with Gasteiger partial charge in [0.25, 0.3) is 0 Å². The van der Waals surface area contributed by atoms with Crippen LogP contribution in [0.1, 0.15) is 52.9 Å². The Kier molecular flexibility index (Phi) is 6.80. The van der Waals surface area contributed by atoms with Crippen molar-refractivity contribution < 1.29 is 4.79 Å². The van der Waals surface area contributed by atoms with Crippen molar-refractivity contribution in [3.05, 3.63) is 0 Å². The molecule has 0 aliphatic carbocycles. The average molecular weight is 269 g/mol. The van der Waals surface area contributed by atoms with Crippen LogP contribution in [-0.2, 0) is 4.79 Å². The molecule has 1 heterocycles. The van der Waals surface area contributed by atoms with Crippen molar-refractivity contribution in [1.29, 1.82) is 0 Å². The van der Waals surface area contributed by atoms with E-state index in [1.54, 1.807) is 0 Å². The van der Waals surface area contributed by atoms with Gasteiger partial charge in [-0.15, -0.1) is 0 Å². The van der Waals surface area contributed by atoms with Gasteiger partial charge in [0.2, 0.25) is 5.91 Å². The van der Waals surface area contributed by atoms with Crippen molar-refractivity contribution in [2.45, 2.75) is 58.4 Å². The van der Waals surface area contributed by atoms with Gasteiger partial charge in [-0.25, -0.2) is 0 Å². The van der Waals surface area contributed by atoms with E-state index >= 15 is 0 Å². The van der Waals surface area contributed by atoms with Gasteiger partial charge in [0, 0.05) is 6.54 Å². The van der Waals surface area contributed by atoms with Crippen LogP contribution in [0.5, 0.6) is 0 Å². The number of nitrogens with two attached hydrogens (primary N) is 1. The van der Waals surface area contributed by atoms with Gasteiger partial charge in [-0.1, -0.05) is 20.3 Å². The van der Waals surface area contributed by atoms with Gasteiger partial charge in [-0.2, -0.15) is 0 Å². The second-order valence-electron chi connectivity index (χ2n) is 6.16. The highest BCUT2D eigenvalue weighted by Gasteiger charge is 2.28. The van der Waals surface area contributed by atoms with Crippen molar-refractivity contribution in [3.8, 4) is 0 Å². The Labute approximate surface area is 118 Å². The van der Waals surface area contributed by atoms with E-state index in [0.29, 0.717) is 5.92 Å². The summed E-state index contributed by atoms with van der Waals surface area (Å²) in [5, 5.41) is 3.04. The largest absolute Gasteiger partial charge is 0.354 e. The number of hydrogen-bond acceptors (Lipinski definition) is 3. The number of rotatable bonds is 7. The minimum atomic E-state index is -0.711. The summed E-state index contributed by atoms with van der Waals surface area (Å²) >= 11 is 0. The Bertz CT molecular complexity index is 271. The third-order valence-corrected chi connectivity index (χ3v) is 4.09. The fourth-order valence-corrected chi connectivity index (χ4v) is 2.80. The first-order chi connectivity index (χ1) is 8.99. The average Bonchev–Trinajstić information content (AvgIpc) is 2.38. The summed E-state index contributed by atoms with van der Waals surface area (Å²) in [5.41, 5.74) is 5.32. The van der Waals surface area contributed by atoms with Gasteiger partial charge in [-0.3, -0.25) is 4.79 Å². The molecule has 1 atom stereocenters. The Morgan fingerprint density at radius 3 is 2.47 bits per heavy atom. The van der Waals surface area contributed by atoms with Crippen molar-refractivity contribution in [2.75, 3.05) is 26.2 Å². The van der Waals surface area contributed by atoms with Crippen LogP contribution in [0.25, 0.3) is 0 Å². The fourth-order valence-electron chi connectivity index (χ4n) is 2.80. The number of carbonyl (C=O) groups excluding carboxylic acids is 1. The van der Waals surface area contributed by atoms with Crippen LogP contribution >= 0.6 is 0 Å². The lowest BCUT2D eigenvalue weighted by atomic mass is 9.94. The smallest absolute Gasteiger partial charge is 0.239 e. The lowest BCUT2D eigenvalue weighted by Gasteiger charge is -2.32. The Morgan fingerprint density at radius 2 is 1.95 bits per heavy atom. The Hall–Kier alpha value is -0.610. The molecule has 0 bridgehead atoms. The maximum atomic E-state index is 12.0. The van der Waals surface area contributed by atoms with Crippen molar-refractivity contribution in [1.82, 2.24) is 10.2 Å². The normalized spacial score (nSPS) is 21.1. The van der Waals surface area contributed by atoms with E-state index in [1.807, 2.05) is 6.92 Å². The molecular formula is C15H31N3O. The Balaban J connectivity index is 2.25. The van der Waals surface area contributed by atoms with E-state index in [9.17, 15) is 4.79 Å². The second kappa shape index (κ2) is 7.85. The molecule has 0 saturated carbocycles. The molecule has 4 heteroatoms. The maximum absolute atomic E-state index is 12.0. The molecule has 1 aliphatic heterocycles. The monoisotopic (exact) mass is 269 g/mol. The molecular weight excluding hydrogens is 238 g/mol. The SMILES string of the molecule is CCCN1CCC(CNC(=O)C(C)(N)CCC)CC1. The number of nitrogens with zero attached hydrogens (tertiary/aromatic N) is 1. The number of piperidine rings is 1. The van der Waals surface area contributed by atoms with Crippen LogP contribution in [0, 0.1) is 5.92 Å². The molecule has 1 aliphatic rings. The molecule has 1 amide bonds. The van der Waals surface area contributed by atoms with Crippen LogP contribution in [0.4, 0.5) is 0 Å². The Morgan fingerprint density at radius 1 is 1.32 bits per heavy atom. The molecule has 0 aromatic carbocycles. The summed E-state index contributed by atoms with van der Waals surface area (Å²) in [6, 6.07) is 0. The molecule has 0 radical (unpaired) electrons. The highest BCUT2D eigenvalue weighted by atomic mass is 16.2. The summed E-state index contributed by atoms with van der Waals surface area (Å²) in [4.78, 5) is 14.5. The molecule has 1 unspecified atom stereocenters. The number of carbonyl (C=O) groups is 1. The minimum absolute atomic E-state index is 0.00494. The van der Waals surface area contributed by atoms with Crippen LogP contribution in [-0.4, -0.2) is 42.5 Å². The van der Waals surface area contributed by atoms with Gasteiger partial charge >= 0.3 is 0 Å². The maximum Gasteiger partial charge on any atom is 0.239 e. The summed E-state index contributed by atoms with van der Waals surface area (Å²) in [6.07, 6.45) is 5.29. The summed E-state index contributed by atoms with van der Waals surface area (Å²) in [7, 11) is 0. The molecule has 0 aromatic rings. The first-order valence-electron chi connectivity index (χ1n) is 7.79. The van der Waals surface area contributed by atoms with E-state index < -0.39 is 5.54 Å². The lowest BCUT2D eigenvalue weighted by Crippen LogP contribution is -2.52. The number of likely N-dealkylation sites (tertiary alicyclic amines) is 1. The van der Waals surface area contributed by atoms with Gasteiger partial charge in [-0.05, 0) is 58.2 Å². The van der Waals surface area contributed by atoms with Gasteiger partial charge in [0.1, 0.15) is 0 Å². The van der Waals surface area contributed by atoms with Gasteiger partial charge in [0.15, 0.2) is 0 Å². The van der Waals surface area contributed by atoms with Crippen molar-refractivity contribution in [3.63, 3.8) is 0 Å². The summed E-state index contributed by atoms with van der Waals surface area (Å²) in [5.74, 6) is 0.625. The zero-order chi connectivity index (χ0) is 14.3. The van der Waals surface area contributed by atoms with E-state index in [4.69, 9.17) is 5.73 Å². The van der Waals surface area contributed by atoms with E-state index in [0.717, 1.165) is 19.4 Å². The van der Waals surface area contributed by atoms with Gasteiger partial charge < -0.3 is 16.0 Å². The number of amides is 1. The van der Waals surface area contributed by atoms with E-state index in [1.165, 1.54) is 38.9 Å². The topological polar surface area (TPSA) is 58.4 Å². The standard InChI is InChI=1S/C15H31N3O/c1-4-8-15(3,16)14(19)17-12-13-6-10-18(9-5-2)11-7-13/h13H,4-12,16H2,1-3H3,(H,17,19). The van der Waals surface area contributed by atoms with E-state index in [2.05, 4.69) is 24.1 Å². The number of hydrogen-bond donors (Lipinski definition) is 2. The fraction of sp³-hybridized carbons (Fsp3) is 0.933. The predicted octanol–water partition coefficient (Wildman–Crippen LogP) is 1.74. The van der Waals surface area contributed by atoms with E-state index in [-0.39, 0.29) is 5.91 Å². The molecule has 1 saturated heterocycles. The summed E-state index contributed by atoms with van der Waals surface area (Å²) in [6.45, 7) is 10.4. The quantitative estimate of drug-likeness (QED) is 0.740. The van der Waals surface area contributed by atoms with Crippen molar-refractivity contribution >= 4 is 5.91 Å². The predicted molar refractivity (Wildman–Crippen MR) is 80.0 cm³/mol. The molecule has 19 heavy (non-hydrogen) atoms.